The van der Waals surface area contributed by atoms with Gasteiger partial charge in [-0.2, -0.15) is 0 Å². The summed E-state index contributed by atoms with van der Waals surface area (Å²) in [5, 5.41) is 6.79. The molecule has 0 amide bonds. The van der Waals surface area contributed by atoms with Crippen molar-refractivity contribution in [3.63, 3.8) is 0 Å². The molecule has 2 nitrogen and oxygen atoms in total. The Bertz CT molecular complexity index is 1630. The standard InChI is InChI=1S/C33H28NOP/c1-23-19-32-28(21-30(23)34(25-13-7-4-8-14-25)26-15-9-5-10-16-26)29-22-31(35-3)24(2)20-33(29)36(32)27-17-11-6-12-18-27/h4-22H,1-3H3. The first kappa shape index (κ1) is 22.5. The number of fused-ring (bicyclic) bond motifs is 3. The first-order valence-electron chi connectivity index (χ1n) is 12.2. The van der Waals surface area contributed by atoms with E-state index in [1.807, 2.05) is 0 Å². The van der Waals surface area contributed by atoms with Crippen molar-refractivity contribution in [2.45, 2.75) is 13.8 Å². The molecule has 0 aliphatic rings. The average molecular weight is 486 g/mol. The lowest BCUT2D eigenvalue weighted by Gasteiger charge is -2.27. The molecule has 0 aliphatic carbocycles. The van der Waals surface area contributed by atoms with Crippen LogP contribution in [-0.4, -0.2) is 7.11 Å². The Kier molecular flexibility index (Phi) is 5.76. The molecule has 3 heteroatoms. The van der Waals surface area contributed by atoms with Gasteiger partial charge in [-0.1, -0.05) is 74.3 Å². The van der Waals surface area contributed by atoms with Gasteiger partial charge < -0.3 is 9.64 Å². The molecule has 1 atom stereocenters. The molecule has 0 radical (unpaired) electrons. The van der Waals surface area contributed by atoms with Crippen molar-refractivity contribution in [2.24, 2.45) is 0 Å². The molecule has 1 unspecified atom stereocenters. The summed E-state index contributed by atoms with van der Waals surface area (Å²) in [7, 11) is 1.13. The third-order valence-electron chi connectivity index (χ3n) is 6.88. The lowest BCUT2D eigenvalue weighted by molar-refractivity contribution is 0.412. The summed E-state index contributed by atoms with van der Waals surface area (Å²) in [6.45, 7) is 4.38. The van der Waals surface area contributed by atoms with Crippen LogP contribution in [0.1, 0.15) is 11.1 Å². The number of benzene rings is 5. The fraction of sp³-hybridized carbons (Fsp3) is 0.0909. The number of para-hydroxylation sites is 2. The maximum Gasteiger partial charge on any atom is 0.122 e. The molecular formula is C33H28NOP. The lowest BCUT2D eigenvalue weighted by Crippen LogP contribution is -2.11. The normalized spacial score (nSPS) is 11.7. The summed E-state index contributed by atoms with van der Waals surface area (Å²) >= 11 is 0. The molecule has 0 aliphatic heterocycles. The summed E-state index contributed by atoms with van der Waals surface area (Å²) in [6.07, 6.45) is 0. The van der Waals surface area contributed by atoms with E-state index in [2.05, 4.69) is 134 Å². The van der Waals surface area contributed by atoms with E-state index in [9.17, 15) is 0 Å². The van der Waals surface area contributed by atoms with E-state index in [1.54, 1.807) is 7.11 Å². The van der Waals surface area contributed by atoms with Crippen LogP contribution in [0, 0.1) is 13.8 Å². The van der Waals surface area contributed by atoms with Crippen molar-refractivity contribution >= 4 is 45.6 Å². The Morgan fingerprint density at radius 1 is 0.583 bits per heavy atom. The summed E-state index contributed by atoms with van der Waals surface area (Å²) < 4.78 is 5.76. The van der Waals surface area contributed by atoms with Crippen LogP contribution in [0.15, 0.2) is 115 Å². The molecule has 36 heavy (non-hydrogen) atoms. The van der Waals surface area contributed by atoms with Gasteiger partial charge in [0.2, 0.25) is 0 Å². The molecular weight excluding hydrogens is 457 g/mol. The highest BCUT2D eigenvalue weighted by Crippen LogP contribution is 2.57. The SMILES string of the molecule is COc1cc2c3cc(N(c4ccccc4)c4ccccc4)c(C)cc3p(-c3ccccc3)c2cc1C. The molecule has 0 bridgehead atoms. The summed E-state index contributed by atoms with van der Waals surface area (Å²) in [5.41, 5.74) is 5.94. The molecule has 6 rings (SSSR count). The van der Waals surface area contributed by atoms with E-state index in [-0.39, 0.29) is 0 Å². The zero-order valence-corrected chi connectivity index (χ0v) is 21.7. The molecule has 0 saturated carbocycles. The van der Waals surface area contributed by atoms with Crippen molar-refractivity contribution in [1.29, 1.82) is 0 Å². The van der Waals surface area contributed by atoms with E-state index >= 15 is 0 Å². The minimum absolute atomic E-state index is 0.636. The summed E-state index contributed by atoms with van der Waals surface area (Å²) in [6, 6.07) is 41.6. The van der Waals surface area contributed by atoms with Crippen molar-refractivity contribution in [2.75, 3.05) is 12.0 Å². The van der Waals surface area contributed by atoms with Crippen molar-refractivity contribution in [3.8, 4) is 11.1 Å². The van der Waals surface area contributed by atoms with Gasteiger partial charge in [0, 0.05) is 27.3 Å². The monoisotopic (exact) mass is 485 g/mol. The van der Waals surface area contributed by atoms with E-state index < -0.39 is 7.53 Å². The minimum Gasteiger partial charge on any atom is -0.496 e. The third kappa shape index (κ3) is 3.75. The Morgan fingerprint density at radius 3 is 1.64 bits per heavy atom. The number of ether oxygens (including phenoxy) is 1. The van der Waals surface area contributed by atoms with Gasteiger partial charge in [-0.3, -0.25) is 0 Å². The van der Waals surface area contributed by atoms with E-state index in [4.69, 9.17) is 4.74 Å². The number of nitrogens with zero attached hydrogens (tertiary/aromatic N) is 1. The van der Waals surface area contributed by atoms with Gasteiger partial charge in [-0.05, 0) is 89.6 Å². The largest absolute Gasteiger partial charge is 0.496 e. The van der Waals surface area contributed by atoms with Crippen LogP contribution < -0.4 is 9.64 Å². The summed E-state index contributed by atoms with van der Waals surface area (Å²) in [4.78, 5) is 2.36. The minimum atomic E-state index is -0.636. The quantitative estimate of drug-likeness (QED) is 0.241. The molecule has 0 saturated heterocycles. The van der Waals surface area contributed by atoms with Crippen LogP contribution >= 0.6 is 7.53 Å². The van der Waals surface area contributed by atoms with Crippen LogP contribution in [0.2, 0.25) is 0 Å². The Labute approximate surface area is 213 Å². The number of rotatable bonds is 5. The maximum atomic E-state index is 5.76. The van der Waals surface area contributed by atoms with Crippen LogP contribution in [0.5, 0.6) is 5.75 Å². The molecule has 1 heterocycles. The van der Waals surface area contributed by atoms with Gasteiger partial charge in [-0.15, -0.1) is 0 Å². The fourth-order valence-electron chi connectivity index (χ4n) is 5.18. The van der Waals surface area contributed by atoms with Crippen LogP contribution in [0.25, 0.3) is 26.3 Å². The molecule has 0 spiro atoms. The van der Waals surface area contributed by atoms with Gasteiger partial charge in [0.1, 0.15) is 5.75 Å². The van der Waals surface area contributed by atoms with Crippen molar-refractivity contribution < 1.29 is 4.74 Å². The van der Waals surface area contributed by atoms with Gasteiger partial charge in [0.05, 0.1) is 7.11 Å². The number of hydrogen-bond donors (Lipinski definition) is 0. The lowest BCUT2D eigenvalue weighted by atomic mass is 10.0. The third-order valence-corrected chi connectivity index (χ3v) is 9.40. The molecule has 0 N–H and O–H groups in total. The second-order valence-electron chi connectivity index (χ2n) is 9.17. The van der Waals surface area contributed by atoms with Crippen LogP contribution in [0.4, 0.5) is 17.1 Å². The van der Waals surface area contributed by atoms with Gasteiger partial charge in [0.15, 0.2) is 0 Å². The average Bonchev–Trinajstić information content (AvgIpc) is 3.21. The predicted octanol–water partition coefficient (Wildman–Crippen LogP) is 10.1. The van der Waals surface area contributed by atoms with Crippen molar-refractivity contribution in [1.82, 2.24) is 0 Å². The highest BCUT2D eigenvalue weighted by atomic mass is 31.1. The molecule has 5 aromatic carbocycles. The highest BCUT2D eigenvalue weighted by Gasteiger charge is 2.20. The Balaban J connectivity index is 1.70. The summed E-state index contributed by atoms with van der Waals surface area (Å²) in [5.74, 6) is 0.940. The number of aryl methyl sites for hydroxylation is 2. The molecule has 176 valence electrons. The van der Waals surface area contributed by atoms with Crippen LogP contribution in [0.3, 0.4) is 0 Å². The first-order chi connectivity index (χ1) is 17.7. The zero-order valence-electron chi connectivity index (χ0n) is 20.8. The fourth-order valence-corrected chi connectivity index (χ4v) is 7.97. The number of anilines is 3. The van der Waals surface area contributed by atoms with Gasteiger partial charge in [-0.25, -0.2) is 0 Å². The zero-order chi connectivity index (χ0) is 24.6. The second-order valence-corrected chi connectivity index (χ2v) is 11.3. The molecule has 1 aromatic heterocycles. The van der Waals surface area contributed by atoms with Gasteiger partial charge >= 0.3 is 0 Å². The predicted molar refractivity (Wildman–Crippen MR) is 156 cm³/mol. The topological polar surface area (TPSA) is 12.5 Å². The molecule has 6 aromatic rings. The number of methoxy groups -OCH3 is 1. The van der Waals surface area contributed by atoms with E-state index in [0.717, 1.165) is 17.1 Å². The molecule has 0 fully saturated rings. The van der Waals surface area contributed by atoms with E-state index in [0.29, 0.717) is 0 Å². The van der Waals surface area contributed by atoms with Crippen LogP contribution in [-0.2, 0) is 0 Å². The smallest absolute Gasteiger partial charge is 0.122 e. The van der Waals surface area contributed by atoms with Crippen molar-refractivity contribution in [3.05, 3.63) is 126 Å². The first-order valence-corrected chi connectivity index (χ1v) is 13.6. The second kappa shape index (κ2) is 9.22. The number of hydrogen-bond acceptors (Lipinski definition) is 2. The van der Waals surface area contributed by atoms with E-state index in [1.165, 1.54) is 43.1 Å². The Morgan fingerprint density at radius 2 is 1.08 bits per heavy atom. The maximum absolute atomic E-state index is 5.76. The highest BCUT2D eigenvalue weighted by molar-refractivity contribution is 7.67. The van der Waals surface area contributed by atoms with Gasteiger partial charge in [0.25, 0.3) is 0 Å². The Hall–Kier alpha value is -4.00.